The van der Waals surface area contributed by atoms with E-state index in [2.05, 4.69) is 41.6 Å². The van der Waals surface area contributed by atoms with E-state index in [1.807, 2.05) is 19.2 Å². The smallest absolute Gasteiger partial charge is 0.190 e. The summed E-state index contributed by atoms with van der Waals surface area (Å²) in [6.07, 6.45) is 0. The van der Waals surface area contributed by atoms with Crippen LogP contribution in [-0.4, -0.2) is 26.6 Å². The fourth-order valence-corrected chi connectivity index (χ4v) is 1.71. The second-order valence-corrected chi connectivity index (χ2v) is 5.00. The second kappa shape index (κ2) is 5.92. The Balaban J connectivity index is 2.71. The fraction of sp³-hybridized carbons (Fsp3) is 0.462. The van der Waals surface area contributed by atoms with Gasteiger partial charge in [-0.3, -0.25) is 4.99 Å². The molecule has 0 saturated carbocycles. The average molecular weight is 254 g/mol. The lowest BCUT2D eigenvalue weighted by molar-refractivity contribution is 0.510. The van der Waals surface area contributed by atoms with E-state index in [1.54, 1.807) is 7.05 Å². The van der Waals surface area contributed by atoms with Gasteiger partial charge in [-0.25, -0.2) is 0 Å². The number of guanidine groups is 1. The standard InChI is InChI=1S/C13H20ClN3/c1-13(2,9-17-12(15-3)16-4)10-5-7-11(14)8-6-10/h5-8H,9H2,1-4H3,(H2,15,16,17). The first kappa shape index (κ1) is 13.8. The van der Waals surface area contributed by atoms with Crippen molar-refractivity contribution in [1.29, 1.82) is 0 Å². The van der Waals surface area contributed by atoms with E-state index in [0.717, 1.165) is 17.5 Å². The molecule has 3 nitrogen and oxygen atoms in total. The molecule has 0 aromatic heterocycles. The highest BCUT2D eigenvalue weighted by atomic mass is 35.5. The maximum Gasteiger partial charge on any atom is 0.190 e. The molecule has 4 heteroatoms. The molecule has 1 rings (SSSR count). The van der Waals surface area contributed by atoms with Gasteiger partial charge in [-0.2, -0.15) is 0 Å². The molecular formula is C13H20ClN3. The Hall–Kier alpha value is -1.22. The average Bonchev–Trinajstić information content (AvgIpc) is 2.31. The van der Waals surface area contributed by atoms with Crippen molar-refractivity contribution in [2.45, 2.75) is 19.3 Å². The van der Waals surface area contributed by atoms with Crippen LogP contribution in [0.15, 0.2) is 29.3 Å². The Bertz CT molecular complexity index is 382. The Morgan fingerprint density at radius 2 is 1.88 bits per heavy atom. The summed E-state index contributed by atoms with van der Waals surface area (Å²) in [5, 5.41) is 7.05. The summed E-state index contributed by atoms with van der Waals surface area (Å²) in [7, 11) is 3.61. The Morgan fingerprint density at radius 1 is 1.29 bits per heavy atom. The van der Waals surface area contributed by atoms with Crippen LogP contribution in [0.5, 0.6) is 0 Å². The minimum atomic E-state index is 0.0252. The molecule has 0 aliphatic heterocycles. The van der Waals surface area contributed by atoms with E-state index in [0.29, 0.717) is 0 Å². The quantitative estimate of drug-likeness (QED) is 0.641. The van der Waals surface area contributed by atoms with Gasteiger partial charge in [0.25, 0.3) is 0 Å². The van der Waals surface area contributed by atoms with Crippen LogP contribution in [0.4, 0.5) is 0 Å². The summed E-state index contributed by atoms with van der Waals surface area (Å²) in [5.74, 6) is 0.798. The maximum absolute atomic E-state index is 5.89. The van der Waals surface area contributed by atoms with E-state index in [-0.39, 0.29) is 5.41 Å². The molecule has 1 aromatic rings. The number of aliphatic imine (C=N–C) groups is 1. The van der Waals surface area contributed by atoms with Crippen molar-refractivity contribution in [3.05, 3.63) is 34.9 Å². The number of hydrogen-bond acceptors (Lipinski definition) is 1. The highest BCUT2D eigenvalue weighted by Gasteiger charge is 2.20. The highest BCUT2D eigenvalue weighted by Crippen LogP contribution is 2.23. The van der Waals surface area contributed by atoms with Gasteiger partial charge in [-0.15, -0.1) is 0 Å². The van der Waals surface area contributed by atoms with E-state index in [4.69, 9.17) is 11.6 Å². The Labute approximate surface area is 108 Å². The van der Waals surface area contributed by atoms with E-state index < -0.39 is 0 Å². The maximum atomic E-state index is 5.89. The van der Waals surface area contributed by atoms with Crippen molar-refractivity contribution >= 4 is 17.6 Å². The minimum Gasteiger partial charge on any atom is -0.359 e. The molecule has 0 amide bonds. The predicted molar refractivity (Wildman–Crippen MR) is 74.9 cm³/mol. The first-order valence-corrected chi connectivity index (χ1v) is 6.02. The molecule has 0 heterocycles. The van der Waals surface area contributed by atoms with Crippen LogP contribution in [0.25, 0.3) is 0 Å². The molecule has 0 atom stereocenters. The number of nitrogens with zero attached hydrogens (tertiary/aromatic N) is 1. The molecule has 0 unspecified atom stereocenters. The van der Waals surface area contributed by atoms with E-state index >= 15 is 0 Å². The molecule has 2 N–H and O–H groups in total. The van der Waals surface area contributed by atoms with Gasteiger partial charge in [0.15, 0.2) is 5.96 Å². The molecule has 0 fully saturated rings. The van der Waals surface area contributed by atoms with Gasteiger partial charge in [-0.05, 0) is 17.7 Å². The Kier molecular flexibility index (Phi) is 4.82. The lowest BCUT2D eigenvalue weighted by atomic mass is 9.85. The van der Waals surface area contributed by atoms with Gasteiger partial charge in [0.2, 0.25) is 0 Å². The zero-order valence-electron chi connectivity index (χ0n) is 10.8. The third-order valence-electron chi connectivity index (χ3n) is 2.78. The number of halogens is 1. The van der Waals surface area contributed by atoms with Crippen molar-refractivity contribution in [2.24, 2.45) is 4.99 Å². The number of nitrogens with one attached hydrogen (secondary N) is 2. The summed E-state index contributed by atoms with van der Waals surface area (Å²) in [4.78, 5) is 4.09. The molecule has 0 spiro atoms. The topological polar surface area (TPSA) is 36.4 Å². The molecule has 17 heavy (non-hydrogen) atoms. The predicted octanol–water partition coefficient (Wildman–Crippen LogP) is 2.41. The van der Waals surface area contributed by atoms with Gasteiger partial charge in [0, 0.05) is 31.1 Å². The molecule has 0 radical (unpaired) electrons. The van der Waals surface area contributed by atoms with Crippen molar-refractivity contribution in [3.63, 3.8) is 0 Å². The van der Waals surface area contributed by atoms with Crippen molar-refractivity contribution in [3.8, 4) is 0 Å². The lowest BCUT2D eigenvalue weighted by Crippen LogP contribution is -2.42. The normalized spacial score (nSPS) is 12.4. The zero-order valence-corrected chi connectivity index (χ0v) is 11.6. The fourth-order valence-electron chi connectivity index (χ4n) is 1.59. The minimum absolute atomic E-state index is 0.0252. The summed E-state index contributed by atoms with van der Waals surface area (Å²) in [6, 6.07) is 7.97. The van der Waals surface area contributed by atoms with Crippen LogP contribution in [0, 0.1) is 0 Å². The van der Waals surface area contributed by atoms with Crippen molar-refractivity contribution in [1.82, 2.24) is 10.6 Å². The van der Waals surface area contributed by atoms with E-state index in [1.165, 1.54) is 5.56 Å². The van der Waals surface area contributed by atoms with E-state index in [9.17, 15) is 0 Å². The van der Waals surface area contributed by atoms with Gasteiger partial charge in [0.05, 0.1) is 0 Å². The van der Waals surface area contributed by atoms with Crippen molar-refractivity contribution < 1.29 is 0 Å². The first-order valence-electron chi connectivity index (χ1n) is 5.64. The van der Waals surface area contributed by atoms with Gasteiger partial charge < -0.3 is 10.6 Å². The number of rotatable bonds is 3. The molecule has 0 aliphatic rings. The van der Waals surface area contributed by atoms with Crippen LogP contribution in [0.3, 0.4) is 0 Å². The summed E-state index contributed by atoms with van der Waals surface area (Å²) in [5.41, 5.74) is 1.28. The summed E-state index contributed by atoms with van der Waals surface area (Å²) < 4.78 is 0. The van der Waals surface area contributed by atoms with Crippen LogP contribution < -0.4 is 10.6 Å². The zero-order chi connectivity index (χ0) is 12.9. The Morgan fingerprint density at radius 3 is 2.35 bits per heavy atom. The summed E-state index contributed by atoms with van der Waals surface area (Å²) >= 11 is 5.89. The number of benzene rings is 1. The van der Waals surface area contributed by atoms with Gasteiger partial charge >= 0.3 is 0 Å². The van der Waals surface area contributed by atoms with Gasteiger partial charge in [-0.1, -0.05) is 37.6 Å². The molecule has 0 bridgehead atoms. The molecule has 1 aromatic carbocycles. The van der Waals surface area contributed by atoms with Crippen LogP contribution in [0.2, 0.25) is 5.02 Å². The molecule has 0 saturated heterocycles. The first-order chi connectivity index (χ1) is 7.99. The van der Waals surface area contributed by atoms with Crippen molar-refractivity contribution in [2.75, 3.05) is 20.6 Å². The largest absolute Gasteiger partial charge is 0.359 e. The van der Waals surface area contributed by atoms with Gasteiger partial charge in [0.1, 0.15) is 0 Å². The SMILES string of the molecule is CN=C(NC)NCC(C)(C)c1ccc(Cl)cc1. The third kappa shape index (κ3) is 3.93. The monoisotopic (exact) mass is 253 g/mol. The van der Waals surface area contributed by atoms with Crippen LogP contribution in [-0.2, 0) is 5.41 Å². The van der Waals surface area contributed by atoms with Crippen LogP contribution in [0.1, 0.15) is 19.4 Å². The van der Waals surface area contributed by atoms with Crippen LogP contribution >= 0.6 is 11.6 Å². The number of hydrogen-bond donors (Lipinski definition) is 2. The third-order valence-corrected chi connectivity index (χ3v) is 3.04. The highest BCUT2D eigenvalue weighted by molar-refractivity contribution is 6.30. The summed E-state index contributed by atoms with van der Waals surface area (Å²) in [6.45, 7) is 5.18. The molecular weight excluding hydrogens is 234 g/mol. The molecule has 0 aliphatic carbocycles. The molecule has 94 valence electrons. The lowest BCUT2D eigenvalue weighted by Gasteiger charge is -2.26. The second-order valence-electron chi connectivity index (χ2n) is 4.57.